The molecule has 4 nitrogen and oxygen atoms in total. The lowest BCUT2D eigenvalue weighted by atomic mass is 9.99. The molecule has 0 bridgehead atoms. The summed E-state index contributed by atoms with van der Waals surface area (Å²) >= 11 is 6.11. The first-order chi connectivity index (χ1) is 8.31. The van der Waals surface area contributed by atoms with Crippen molar-refractivity contribution >= 4 is 17.4 Å². The lowest BCUT2D eigenvalue weighted by Crippen LogP contribution is -2.37. The van der Waals surface area contributed by atoms with Gasteiger partial charge < -0.3 is 9.64 Å². The van der Waals surface area contributed by atoms with Gasteiger partial charge in [0.25, 0.3) is 0 Å². The molecule has 0 aromatic carbocycles. The molecule has 0 spiro atoms. The molecule has 2 heterocycles. The molecule has 17 heavy (non-hydrogen) atoms. The monoisotopic (exact) mass is 255 g/mol. The fraction of sp³-hybridized carbons (Fsp3) is 0.667. The van der Waals surface area contributed by atoms with Gasteiger partial charge in [0, 0.05) is 19.7 Å². The molecule has 1 atom stereocenters. The van der Waals surface area contributed by atoms with E-state index in [9.17, 15) is 0 Å². The predicted molar refractivity (Wildman–Crippen MR) is 68.5 cm³/mol. The fourth-order valence-electron chi connectivity index (χ4n) is 2.22. The second-order valence-corrected chi connectivity index (χ2v) is 4.72. The summed E-state index contributed by atoms with van der Waals surface area (Å²) in [6, 6.07) is 0. The molecule has 2 rings (SSSR count). The van der Waals surface area contributed by atoms with Crippen molar-refractivity contribution in [1.29, 1.82) is 0 Å². The number of hydrogen-bond donors (Lipinski definition) is 0. The van der Waals surface area contributed by atoms with Gasteiger partial charge in [-0.15, -0.1) is 0 Å². The van der Waals surface area contributed by atoms with Crippen molar-refractivity contribution in [1.82, 2.24) is 9.97 Å². The Labute approximate surface area is 107 Å². The quantitative estimate of drug-likeness (QED) is 0.828. The molecule has 1 aliphatic heterocycles. The summed E-state index contributed by atoms with van der Waals surface area (Å²) in [6.45, 7) is 5.62. The Morgan fingerprint density at radius 3 is 3.24 bits per heavy atom. The first-order valence-electron chi connectivity index (χ1n) is 6.09. The van der Waals surface area contributed by atoms with Crippen LogP contribution in [0.25, 0.3) is 0 Å². The number of rotatable bonds is 4. The summed E-state index contributed by atoms with van der Waals surface area (Å²) in [7, 11) is 0. The third-order valence-corrected chi connectivity index (χ3v) is 3.29. The van der Waals surface area contributed by atoms with E-state index in [-0.39, 0.29) is 0 Å². The van der Waals surface area contributed by atoms with Crippen molar-refractivity contribution in [3.8, 4) is 0 Å². The van der Waals surface area contributed by atoms with Crippen LogP contribution in [0, 0.1) is 5.92 Å². The highest BCUT2D eigenvalue weighted by molar-refractivity contribution is 6.32. The van der Waals surface area contributed by atoms with E-state index in [1.165, 1.54) is 6.42 Å². The van der Waals surface area contributed by atoms with Crippen LogP contribution in [0.5, 0.6) is 0 Å². The standard InChI is InChI=1S/C12H18ClN3O/c1-2-17-8-10-4-3-5-16(7-10)12-11(13)6-14-9-15-12/h6,9-10H,2-5,7-8H2,1H3. The van der Waals surface area contributed by atoms with Crippen LogP contribution < -0.4 is 4.90 Å². The summed E-state index contributed by atoms with van der Waals surface area (Å²) in [4.78, 5) is 10.4. The Morgan fingerprint density at radius 2 is 2.47 bits per heavy atom. The molecule has 5 heteroatoms. The van der Waals surface area contributed by atoms with Gasteiger partial charge in [-0.2, -0.15) is 0 Å². The topological polar surface area (TPSA) is 38.2 Å². The highest BCUT2D eigenvalue weighted by Gasteiger charge is 2.22. The van der Waals surface area contributed by atoms with Gasteiger partial charge in [-0.05, 0) is 25.7 Å². The SMILES string of the molecule is CCOCC1CCCN(c2ncncc2Cl)C1. The molecule has 0 aliphatic carbocycles. The molecular formula is C12H18ClN3O. The molecule has 1 aliphatic rings. The minimum Gasteiger partial charge on any atom is -0.381 e. The summed E-state index contributed by atoms with van der Waals surface area (Å²) < 4.78 is 5.50. The van der Waals surface area contributed by atoms with E-state index >= 15 is 0 Å². The summed E-state index contributed by atoms with van der Waals surface area (Å²) in [5.41, 5.74) is 0. The maximum atomic E-state index is 6.11. The summed E-state index contributed by atoms with van der Waals surface area (Å²) in [5, 5.41) is 0.629. The largest absolute Gasteiger partial charge is 0.381 e. The van der Waals surface area contributed by atoms with Gasteiger partial charge in [-0.3, -0.25) is 0 Å². The molecule has 0 N–H and O–H groups in total. The van der Waals surface area contributed by atoms with Crippen molar-refractivity contribution in [2.24, 2.45) is 5.92 Å². The molecule has 1 saturated heterocycles. The van der Waals surface area contributed by atoms with Crippen LogP contribution in [-0.2, 0) is 4.74 Å². The van der Waals surface area contributed by atoms with E-state index in [1.54, 1.807) is 12.5 Å². The molecule has 0 radical (unpaired) electrons. The first kappa shape index (κ1) is 12.6. The number of anilines is 1. The molecule has 1 unspecified atom stereocenters. The van der Waals surface area contributed by atoms with Crippen LogP contribution in [0.2, 0.25) is 5.02 Å². The van der Waals surface area contributed by atoms with Crippen LogP contribution in [0.1, 0.15) is 19.8 Å². The molecule has 0 amide bonds. The molecule has 0 saturated carbocycles. The number of hydrogen-bond acceptors (Lipinski definition) is 4. The Kier molecular flexibility index (Phi) is 4.57. The maximum absolute atomic E-state index is 6.11. The van der Waals surface area contributed by atoms with Crippen molar-refractivity contribution in [2.45, 2.75) is 19.8 Å². The fourth-order valence-corrected chi connectivity index (χ4v) is 2.44. The third-order valence-electron chi connectivity index (χ3n) is 3.02. The molecule has 1 fully saturated rings. The molecular weight excluding hydrogens is 238 g/mol. The predicted octanol–water partition coefficient (Wildman–Crippen LogP) is 2.38. The van der Waals surface area contributed by atoms with Crippen LogP contribution >= 0.6 is 11.6 Å². The van der Waals surface area contributed by atoms with Gasteiger partial charge >= 0.3 is 0 Å². The van der Waals surface area contributed by atoms with E-state index in [4.69, 9.17) is 16.3 Å². The van der Waals surface area contributed by atoms with Crippen molar-refractivity contribution in [2.75, 3.05) is 31.2 Å². The zero-order valence-electron chi connectivity index (χ0n) is 10.1. The second-order valence-electron chi connectivity index (χ2n) is 4.31. The Bertz CT molecular complexity index is 361. The zero-order valence-corrected chi connectivity index (χ0v) is 10.9. The van der Waals surface area contributed by atoms with E-state index in [0.717, 1.165) is 38.5 Å². The highest BCUT2D eigenvalue weighted by Crippen LogP contribution is 2.26. The van der Waals surface area contributed by atoms with E-state index in [0.29, 0.717) is 10.9 Å². The Balaban J connectivity index is 1.99. The van der Waals surface area contributed by atoms with Crippen molar-refractivity contribution < 1.29 is 4.74 Å². The normalized spacial score (nSPS) is 20.6. The number of ether oxygens (including phenoxy) is 1. The van der Waals surface area contributed by atoms with Crippen molar-refractivity contribution in [3.05, 3.63) is 17.5 Å². The lowest BCUT2D eigenvalue weighted by Gasteiger charge is -2.33. The van der Waals surface area contributed by atoms with Crippen LogP contribution in [0.15, 0.2) is 12.5 Å². The lowest BCUT2D eigenvalue weighted by molar-refractivity contribution is 0.104. The van der Waals surface area contributed by atoms with Gasteiger partial charge in [-0.25, -0.2) is 9.97 Å². The van der Waals surface area contributed by atoms with Crippen LogP contribution in [-0.4, -0.2) is 36.3 Å². The molecule has 94 valence electrons. The second kappa shape index (κ2) is 6.17. The van der Waals surface area contributed by atoms with Gasteiger partial charge in [0.1, 0.15) is 11.3 Å². The van der Waals surface area contributed by atoms with Gasteiger partial charge in [0.15, 0.2) is 5.82 Å². The number of nitrogens with zero attached hydrogens (tertiary/aromatic N) is 3. The minimum absolute atomic E-state index is 0.578. The van der Waals surface area contributed by atoms with Gasteiger partial charge in [0.05, 0.1) is 12.8 Å². The van der Waals surface area contributed by atoms with Gasteiger partial charge in [0.2, 0.25) is 0 Å². The maximum Gasteiger partial charge on any atom is 0.150 e. The minimum atomic E-state index is 0.578. The Morgan fingerprint density at radius 1 is 1.59 bits per heavy atom. The van der Waals surface area contributed by atoms with E-state index < -0.39 is 0 Å². The van der Waals surface area contributed by atoms with E-state index in [2.05, 4.69) is 14.9 Å². The molecule has 1 aromatic rings. The average molecular weight is 256 g/mol. The summed E-state index contributed by atoms with van der Waals surface area (Å²) in [5.74, 6) is 1.43. The smallest absolute Gasteiger partial charge is 0.150 e. The Hall–Kier alpha value is -0.870. The van der Waals surface area contributed by atoms with Crippen LogP contribution in [0.3, 0.4) is 0 Å². The van der Waals surface area contributed by atoms with Crippen molar-refractivity contribution in [3.63, 3.8) is 0 Å². The first-order valence-corrected chi connectivity index (χ1v) is 6.47. The number of halogens is 1. The zero-order chi connectivity index (χ0) is 12.1. The highest BCUT2D eigenvalue weighted by atomic mass is 35.5. The summed E-state index contributed by atoms with van der Waals surface area (Å²) in [6.07, 6.45) is 5.58. The molecule has 1 aromatic heterocycles. The number of piperidine rings is 1. The number of aromatic nitrogens is 2. The third kappa shape index (κ3) is 3.30. The van der Waals surface area contributed by atoms with Crippen LogP contribution in [0.4, 0.5) is 5.82 Å². The average Bonchev–Trinajstić information content (AvgIpc) is 2.37. The van der Waals surface area contributed by atoms with E-state index in [1.807, 2.05) is 6.92 Å². The van der Waals surface area contributed by atoms with Gasteiger partial charge in [-0.1, -0.05) is 11.6 Å².